The minimum absolute atomic E-state index is 0.0362. The Bertz CT molecular complexity index is 615. The van der Waals surface area contributed by atoms with Crippen LogP contribution in [-0.2, 0) is 17.9 Å². The lowest BCUT2D eigenvalue weighted by Crippen LogP contribution is -2.28. The number of aliphatic hydroxyl groups excluding tert-OH is 1. The van der Waals surface area contributed by atoms with E-state index in [4.69, 9.17) is 4.52 Å². The van der Waals surface area contributed by atoms with E-state index in [2.05, 4.69) is 10.5 Å². The van der Waals surface area contributed by atoms with Crippen LogP contribution in [-0.4, -0.2) is 16.2 Å². The van der Waals surface area contributed by atoms with E-state index in [1.807, 2.05) is 38.1 Å². The fraction of sp³-hybridized carbons (Fsp3) is 0.375. The van der Waals surface area contributed by atoms with Gasteiger partial charge in [-0.15, -0.1) is 0 Å². The van der Waals surface area contributed by atoms with Crippen molar-refractivity contribution in [2.24, 2.45) is 0 Å². The maximum atomic E-state index is 12.3. The second-order valence-electron chi connectivity index (χ2n) is 5.10. The van der Waals surface area contributed by atoms with E-state index >= 15 is 0 Å². The number of carbonyl (C=O) groups is 1. The van der Waals surface area contributed by atoms with Gasteiger partial charge in [0.15, 0.2) is 0 Å². The Kier molecular flexibility index (Phi) is 4.75. The highest BCUT2D eigenvalue weighted by Crippen LogP contribution is 2.23. The molecule has 0 aliphatic rings. The molecule has 2 N–H and O–H groups in total. The molecule has 2 rings (SSSR count). The van der Waals surface area contributed by atoms with E-state index in [0.29, 0.717) is 12.3 Å². The molecule has 0 spiro atoms. The van der Waals surface area contributed by atoms with Crippen LogP contribution in [0.15, 0.2) is 28.8 Å². The Hall–Kier alpha value is -2.14. The van der Waals surface area contributed by atoms with Crippen molar-refractivity contribution in [3.8, 4) is 0 Å². The van der Waals surface area contributed by atoms with E-state index in [1.165, 1.54) is 0 Å². The van der Waals surface area contributed by atoms with Crippen LogP contribution in [0.25, 0.3) is 0 Å². The maximum Gasteiger partial charge on any atom is 0.227 e. The van der Waals surface area contributed by atoms with Crippen molar-refractivity contribution in [3.05, 3.63) is 52.4 Å². The third kappa shape index (κ3) is 3.31. The topological polar surface area (TPSA) is 75.4 Å². The van der Waals surface area contributed by atoms with Crippen LogP contribution in [0.1, 0.15) is 41.0 Å². The summed E-state index contributed by atoms with van der Waals surface area (Å²) in [5, 5.41) is 16.1. The van der Waals surface area contributed by atoms with Crippen molar-refractivity contribution in [3.63, 3.8) is 0 Å². The standard InChI is InChI=1S/C16H20N2O3/c1-10(15-11(2)18-21-12(15)3)16(20)17-8-13-6-4-5-7-14(13)9-19/h4-7,10,19H,8-9H2,1-3H3,(H,17,20). The number of nitrogens with one attached hydrogen (secondary N) is 1. The Morgan fingerprint density at radius 2 is 2.00 bits per heavy atom. The fourth-order valence-electron chi connectivity index (χ4n) is 2.46. The molecule has 2 aromatic rings. The zero-order valence-electron chi connectivity index (χ0n) is 12.5. The quantitative estimate of drug-likeness (QED) is 0.884. The Morgan fingerprint density at radius 3 is 2.57 bits per heavy atom. The average molecular weight is 288 g/mol. The highest BCUT2D eigenvalue weighted by Gasteiger charge is 2.22. The van der Waals surface area contributed by atoms with Gasteiger partial charge in [0.05, 0.1) is 18.2 Å². The molecule has 1 atom stereocenters. The Balaban J connectivity index is 2.05. The van der Waals surface area contributed by atoms with Crippen LogP contribution >= 0.6 is 0 Å². The van der Waals surface area contributed by atoms with E-state index in [-0.39, 0.29) is 18.4 Å². The second-order valence-corrected chi connectivity index (χ2v) is 5.10. The smallest absolute Gasteiger partial charge is 0.227 e. The molecule has 0 saturated carbocycles. The Labute approximate surface area is 124 Å². The van der Waals surface area contributed by atoms with Gasteiger partial charge >= 0.3 is 0 Å². The van der Waals surface area contributed by atoms with E-state index in [0.717, 1.165) is 22.4 Å². The first-order valence-corrected chi connectivity index (χ1v) is 6.92. The van der Waals surface area contributed by atoms with Crippen LogP contribution in [0, 0.1) is 13.8 Å². The summed E-state index contributed by atoms with van der Waals surface area (Å²) in [6, 6.07) is 7.49. The largest absolute Gasteiger partial charge is 0.392 e. The lowest BCUT2D eigenvalue weighted by atomic mass is 9.98. The number of aromatic nitrogens is 1. The molecule has 0 fully saturated rings. The van der Waals surface area contributed by atoms with Crippen molar-refractivity contribution < 1.29 is 14.4 Å². The zero-order valence-corrected chi connectivity index (χ0v) is 12.5. The first-order valence-electron chi connectivity index (χ1n) is 6.92. The summed E-state index contributed by atoms with van der Waals surface area (Å²) in [5.74, 6) is 0.264. The number of amides is 1. The van der Waals surface area contributed by atoms with Crippen molar-refractivity contribution in [2.75, 3.05) is 0 Å². The molecule has 21 heavy (non-hydrogen) atoms. The van der Waals surface area contributed by atoms with E-state index < -0.39 is 0 Å². The SMILES string of the molecule is Cc1noc(C)c1C(C)C(=O)NCc1ccccc1CO. The van der Waals surface area contributed by atoms with Gasteiger partial charge in [-0.25, -0.2) is 0 Å². The highest BCUT2D eigenvalue weighted by atomic mass is 16.5. The van der Waals surface area contributed by atoms with Crippen LogP contribution in [0.3, 0.4) is 0 Å². The minimum Gasteiger partial charge on any atom is -0.392 e. The first kappa shape index (κ1) is 15.3. The van der Waals surface area contributed by atoms with Gasteiger partial charge in [0, 0.05) is 12.1 Å². The minimum atomic E-state index is -0.322. The van der Waals surface area contributed by atoms with Crippen LogP contribution < -0.4 is 5.32 Å². The number of benzene rings is 1. The molecule has 1 amide bonds. The van der Waals surface area contributed by atoms with Gasteiger partial charge in [-0.2, -0.15) is 0 Å². The molecule has 0 aliphatic heterocycles. The van der Waals surface area contributed by atoms with Gasteiger partial charge in [-0.05, 0) is 31.9 Å². The summed E-state index contributed by atoms with van der Waals surface area (Å²) in [5.41, 5.74) is 3.32. The number of carbonyl (C=O) groups excluding carboxylic acids is 1. The summed E-state index contributed by atoms with van der Waals surface area (Å²) in [6.45, 7) is 5.82. The third-order valence-corrected chi connectivity index (χ3v) is 3.66. The Morgan fingerprint density at radius 1 is 1.33 bits per heavy atom. The number of hydrogen-bond acceptors (Lipinski definition) is 4. The monoisotopic (exact) mass is 288 g/mol. The number of rotatable bonds is 5. The second kappa shape index (κ2) is 6.54. The number of aliphatic hydroxyl groups is 1. The molecule has 5 nitrogen and oxygen atoms in total. The van der Waals surface area contributed by atoms with Gasteiger partial charge in [-0.1, -0.05) is 29.4 Å². The summed E-state index contributed by atoms with van der Waals surface area (Å²) >= 11 is 0. The molecule has 1 aromatic heterocycles. The van der Waals surface area contributed by atoms with Crippen molar-refractivity contribution in [1.82, 2.24) is 10.5 Å². The van der Waals surface area contributed by atoms with Crippen LogP contribution in [0.2, 0.25) is 0 Å². The van der Waals surface area contributed by atoms with Gasteiger partial charge < -0.3 is 14.9 Å². The molecular formula is C16H20N2O3. The maximum absolute atomic E-state index is 12.3. The molecular weight excluding hydrogens is 268 g/mol. The molecule has 1 unspecified atom stereocenters. The molecule has 5 heteroatoms. The molecule has 0 aliphatic carbocycles. The summed E-state index contributed by atoms with van der Waals surface area (Å²) < 4.78 is 5.10. The molecule has 0 bridgehead atoms. The first-order chi connectivity index (χ1) is 10.0. The van der Waals surface area contributed by atoms with Gasteiger partial charge in [-0.3, -0.25) is 4.79 Å². The summed E-state index contributed by atoms with van der Waals surface area (Å²) in [7, 11) is 0. The highest BCUT2D eigenvalue weighted by molar-refractivity contribution is 5.83. The predicted octanol–water partition coefficient (Wildman–Crippen LogP) is 2.20. The predicted molar refractivity (Wildman–Crippen MR) is 78.6 cm³/mol. The summed E-state index contributed by atoms with van der Waals surface area (Å²) in [4.78, 5) is 12.3. The molecule has 1 heterocycles. The van der Waals surface area contributed by atoms with Gasteiger partial charge in [0.2, 0.25) is 5.91 Å². The van der Waals surface area contributed by atoms with Crippen molar-refractivity contribution in [1.29, 1.82) is 0 Å². The third-order valence-electron chi connectivity index (χ3n) is 3.66. The van der Waals surface area contributed by atoms with Crippen molar-refractivity contribution in [2.45, 2.75) is 39.8 Å². The molecule has 0 radical (unpaired) electrons. The lowest BCUT2D eigenvalue weighted by molar-refractivity contribution is -0.122. The van der Waals surface area contributed by atoms with E-state index in [9.17, 15) is 9.90 Å². The molecule has 112 valence electrons. The number of nitrogens with zero attached hydrogens (tertiary/aromatic N) is 1. The van der Waals surface area contributed by atoms with Crippen molar-refractivity contribution >= 4 is 5.91 Å². The fourth-order valence-corrected chi connectivity index (χ4v) is 2.46. The van der Waals surface area contributed by atoms with Crippen LogP contribution in [0.4, 0.5) is 0 Å². The number of hydrogen-bond donors (Lipinski definition) is 2. The molecule has 1 aromatic carbocycles. The number of aryl methyl sites for hydroxylation is 2. The van der Waals surface area contributed by atoms with Crippen LogP contribution in [0.5, 0.6) is 0 Å². The lowest BCUT2D eigenvalue weighted by Gasteiger charge is -2.13. The average Bonchev–Trinajstić information content (AvgIpc) is 2.83. The van der Waals surface area contributed by atoms with Gasteiger partial charge in [0.1, 0.15) is 5.76 Å². The molecule has 0 saturated heterocycles. The normalized spacial score (nSPS) is 12.2. The van der Waals surface area contributed by atoms with Gasteiger partial charge in [0.25, 0.3) is 0 Å². The summed E-state index contributed by atoms with van der Waals surface area (Å²) in [6.07, 6.45) is 0. The zero-order chi connectivity index (χ0) is 15.4. The van der Waals surface area contributed by atoms with E-state index in [1.54, 1.807) is 6.92 Å².